The second kappa shape index (κ2) is 9.40. The van der Waals surface area contributed by atoms with Gasteiger partial charge in [0.25, 0.3) is 0 Å². The second-order valence-electron chi connectivity index (χ2n) is 9.80. The Morgan fingerprint density at radius 3 is 2.31 bits per heavy atom. The average molecular weight is 521 g/mol. The van der Waals surface area contributed by atoms with Gasteiger partial charge in [-0.05, 0) is 58.8 Å². The molecule has 39 heavy (non-hydrogen) atoms. The fraction of sp³-hybridized carbons (Fsp3) is 0.212. The Morgan fingerprint density at radius 1 is 0.795 bits per heavy atom. The van der Waals surface area contributed by atoms with Gasteiger partial charge in [-0.1, -0.05) is 54.6 Å². The van der Waals surface area contributed by atoms with Gasteiger partial charge >= 0.3 is 0 Å². The Labute approximate surface area is 226 Å². The van der Waals surface area contributed by atoms with Gasteiger partial charge in [-0.3, -0.25) is 9.59 Å². The van der Waals surface area contributed by atoms with E-state index in [0.29, 0.717) is 28.4 Å². The van der Waals surface area contributed by atoms with Crippen molar-refractivity contribution in [3.8, 4) is 17.2 Å². The highest BCUT2D eigenvalue weighted by Gasteiger charge is 2.52. The van der Waals surface area contributed by atoms with Crippen LogP contribution in [0.1, 0.15) is 55.8 Å². The van der Waals surface area contributed by atoms with Crippen LogP contribution in [0.3, 0.4) is 0 Å². The van der Waals surface area contributed by atoms with Crippen LogP contribution in [0.5, 0.6) is 17.2 Å². The summed E-state index contributed by atoms with van der Waals surface area (Å²) >= 11 is 0. The van der Waals surface area contributed by atoms with Gasteiger partial charge in [0, 0.05) is 18.6 Å². The highest BCUT2D eigenvalue weighted by molar-refractivity contribution is 6.12. The monoisotopic (exact) mass is 520 g/mol. The van der Waals surface area contributed by atoms with Gasteiger partial charge in [-0.15, -0.1) is 0 Å². The van der Waals surface area contributed by atoms with Gasteiger partial charge in [0.15, 0.2) is 18.4 Å². The van der Waals surface area contributed by atoms with Crippen molar-refractivity contribution in [1.29, 1.82) is 0 Å². The van der Waals surface area contributed by atoms with Crippen LogP contribution in [-0.2, 0) is 10.2 Å². The van der Waals surface area contributed by atoms with Crippen molar-refractivity contribution in [2.24, 2.45) is 0 Å². The van der Waals surface area contributed by atoms with E-state index in [1.165, 1.54) is 0 Å². The summed E-state index contributed by atoms with van der Waals surface area (Å²) in [6.45, 7) is 1.67. The molecule has 0 bridgehead atoms. The number of carbonyl (C=O) groups is 2. The SMILES string of the molecule is COCOc1ccc2c3c(ccc(OC)c13)C1(C=CC(=O)c3c(OC)cccc31)C2c1ccccc1C(C)=O. The maximum Gasteiger partial charge on any atom is 0.189 e. The number of ether oxygens (including phenoxy) is 4. The summed E-state index contributed by atoms with van der Waals surface area (Å²) in [5.41, 5.74) is 4.11. The molecular formula is C33H28O6. The van der Waals surface area contributed by atoms with Crippen molar-refractivity contribution in [2.75, 3.05) is 28.1 Å². The van der Waals surface area contributed by atoms with Crippen molar-refractivity contribution in [3.05, 3.63) is 112 Å². The summed E-state index contributed by atoms with van der Waals surface area (Å²) < 4.78 is 22.7. The van der Waals surface area contributed by atoms with Crippen LogP contribution in [0.15, 0.2) is 78.9 Å². The largest absolute Gasteiger partial charge is 0.496 e. The molecule has 6 nitrogen and oxygen atoms in total. The van der Waals surface area contributed by atoms with E-state index in [9.17, 15) is 9.59 Å². The van der Waals surface area contributed by atoms with Gasteiger partial charge in [-0.25, -0.2) is 0 Å². The zero-order chi connectivity index (χ0) is 27.3. The predicted octanol–water partition coefficient (Wildman–Crippen LogP) is 6.23. The van der Waals surface area contributed by atoms with Crippen LogP contribution in [0, 0.1) is 0 Å². The van der Waals surface area contributed by atoms with Gasteiger partial charge < -0.3 is 18.9 Å². The molecule has 0 aliphatic heterocycles. The normalized spacial score (nSPS) is 18.9. The quantitative estimate of drug-likeness (QED) is 0.213. The summed E-state index contributed by atoms with van der Waals surface area (Å²) in [7, 11) is 4.79. The lowest BCUT2D eigenvalue weighted by Crippen LogP contribution is -2.35. The molecule has 1 spiro atoms. The minimum atomic E-state index is -0.796. The molecule has 6 heteroatoms. The number of hydrogen-bond acceptors (Lipinski definition) is 6. The highest BCUT2D eigenvalue weighted by Crippen LogP contribution is 2.62. The van der Waals surface area contributed by atoms with Crippen molar-refractivity contribution in [3.63, 3.8) is 0 Å². The standard InChI is InChI=1S/C33H28O6/c1-19(34)20-8-5-6-9-21(20)32-22-12-14-28(39-18-36-2)31-27(38-4)15-13-24(29(22)31)33(32)17-16-25(35)30-23(33)10-7-11-26(30)37-3/h5-17,32H,18H2,1-4H3. The Morgan fingerprint density at radius 2 is 1.56 bits per heavy atom. The average Bonchev–Trinajstić information content (AvgIpc) is 3.25. The molecule has 2 unspecified atom stereocenters. The molecule has 6 rings (SSSR count). The van der Waals surface area contributed by atoms with E-state index in [0.717, 1.165) is 33.0 Å². The Kier molecular flexibility index (Phi) is 6.00. The number of Topliss-reactive ketones (excluding diaryl/α,β-unsaturated/α-hetero) is 1. The van der Waals surface area contributed by atoms with Gasteiger partial charge in [0.2, 0.25) is 0 Å². The molecule has 2 aliphatic rings. The number of fused-ring (bicyclic) bond motifs is 3. The molecule has 0 heterocycles. The molecule has 2 atom stereocenters. The molecule has 0 radical (unpaired) electrons. The first-order chi connectivity index (χ1) is 19.0. The van der Waals surface area contributed by atoms with Crippen LogP contribution >= 0.6 is 0 Å². The van der Waals surface area contributed by atoms with Crippen molar-refractivity contribution < 1.29 is 28.5 Å². The van der Waals surface area contributed by atoms with E-state index < -0.39 is 5.41 Å². The number of carbonyl (C=O) groups excluding carboxylic acids is 2. The number of hydrogen-bond donors (Lipinski definition) is 0. The Balaban J connectivity index is 1.79. The number of benzene rings is 4. The van der Waals surface area contributed by atoms with E-state index in [1.54, 1.807) is 34.3 Å². The first-order valence-corrected chi connectivity index (χ1v) is 12.7. The molecule has 0 saturated carbocycles. The van der Waals surface area contributed by atoms with E-state index in [2.05, 4.69) is 12.1 Å². The van der Waals surface area contributed by atoms with Crippen LogP contribution in [0.2, 0.25) is 0 Å². The maximum absolute atomic E-state index is 13.3. The molecule has 0 amide bonds. The minimum absolute atomic E-state index is 0.0210. The van der Waals surface area contributed by atoms with Gasteiger partial charge in [-0.2, -0.15) is 0 Å². The Bertz CT molecular complexity index is 1680. The summed E-state index contributed by atoms with van der Waals surface area (Å²) in [4.78, 5) is 26.3. The van der Waals surface area contributed by atoms with Crippen molar-refractivity contribution >= 4 is 22.3 Å². The molecule has 2 aliphatic carbocycles. The zero-order valence-corrected chi connectivity index (χ0v) is 22.2. The third kappa shape index (κ3) is 3.45. The number of rotatable bonds is 7. The number of ketones is 2. The second-order valence-corrected chi connectivity index (χ2v) is 9.80. The molecule has 4 aromatic rings. The van der Waals surface area contributed by atoms with E-state index in [1.807, 2.05) is 60.7 Å². The van der Waals surface area contributed by atoms with E-state index >= 15 is 0 Å². The first kappa shape index (κ1) is 24.9. The molecule has 0 aromatic heterocycles. The summed E-state index contributed by atoms with van der Waals surface area (Å²) in [5, 5.41) is 1.79. The topological polar surface area (TPSA) is 71.1 Å². The zero-order valence-electron chi connectivity index (χ0n) is 22.2. The van der Waals surface area contributed by atoms with Gasteiger partial charge in [0.05, 0.1) is 30.6 Å². The minimum Gasteiger partial charge on any atom is -0.496 e. The maximum atomic E-state index is 13.3. The molecule has 196 valence electrons. The third-order valence-electron chi connectivity index (χ3n) is 7.97. The fourth-order valence-corrected chi connectivity index (χ4v) is 6.51. The number of allylic oxidation sites excluding steroid dienone is 2. The molecule has 0 N–H and O–H groups in total. The summed E-state index contributed by atoms with van der Waals surface area (Å²) in [5.74, 6) is 1.37. The van der Waals surface area contributed by atoms with Crippen LogP contribution in [-0.4, -0.2) is 39.7 Å². The molecular weight excluding hydrogens is 492 g/mol. The number of methoxy groups -OCH3 is 3. The van der Waals surface area contributed by atoms with Crippen molar-refractivity contribution in [2.45, 2.75) is 18.3 Å². The summed E-state index contributed by atoms with van der Waals surface area (Å²) in [6.07, 6.45) is 3.63. The smallest absolute Gasteiger partial charge is 0.189 e. The van der Waals surface area contributed by atoms with E-state index in [4.69, 9.17) is 18.9 Å². The van der Waals surface area contributed by atoms with Crippen LogP contribution in [0.4, 0.5) is 0 Å². The molecule has 4 aromatic carbocycles. The molecule has 0 saturated heterocycles. The first-order valence-electron chi connectivity index (χ1n) is 12.7. The predicted molar refractivity (Wildman–Crippen MR) is 149 cm³/mol. The lowest BCUT2D eigenvalue weighted by Gasteiger charge is -2.39. The van der Waals surface area contributed by atoms with Crippen LogP contribution in [0.25, 0.3) is 10.8 Å². The van der Waals surface area contributed by atoms with E-state index in [-0.39, 0.29) is 24.3 Å². The summed E-state index contributed by atoms with van der Waals surface area (Å²) in [6, 6.07) is 21.4. The fourth-order valence-electron chi connectivity index (χ4n) is 6.51. The third-order valence-corrected chi connectivity index (χ3v) is 7.97. The lowest BCUT2D eigenvalue weighted by atomic mass is 9.62. The lowest BCUT2D eigenvalue weighted by molar-refractivity contribution is 0.0521. The van der Waals surface area contributed by atoms with Crippen molar-refractivity contribution in [1.82, 2.24) is 0 Å². The molecule has 0 fully saturated rings. The highest BCUT2D eigenvalue weighted by atomic mass is 16.7. The Hall–Kier alpha value is -4.42. The van der Waals surface area contributed by atoms with Gasteiger partial charge in [0.1, 0.15) is 17.2 Å². The van der Waals surface area contributed by atoms with Crippen LogP contribution < -0.4 is 14.2 Å².